The highest BCUT2D eigenvalue weighted by molar-refractivity contribution is 5.58. The highest BCUT2D eigenvalue weighted by Crippen LogP contribution is 2.47. The molecule has 15 heavy (non-hydrogen) atoms. The van der Waals surface area contributed by atoms with Crippen molar-refractivity contribution < 1.29 is 41.0 Å². The molecule has 0 spiro atoms. The van der Waals surface area contributed by atoms with Crippen LogP contribution in [0.3, 0.4) is 0 Å². The second-order valence-corrected chi connectivity index (χ2v) is 2.54. The lowest BCUT2D eigenvalue weighted by atomic mass is 9.99. The Morgan fingerprint density at radius 1 is 1.13 bits per heavy atom. The van der Waals surface area contributed by atoms with Gasteiger partial charge in [-0.3, -0.25) is 0 Å². The number of carboxylic acid groups (broad SMARTS) is 1. The number of halogens is 6. The summed E-state index contributed by atoms with van der Waals surface area (Å²) in [6.07, 6.45) is -15.9. The third kappa shape index (κ3) is 2.45. The minimum absolute atomic E-state index is 0.532. The van der Waals surface area contributed by atoms with Gasteiger partial charge in [-0.15, -0.1) is 0 Å². The molecular formula is C6H6F6O3. The topological polar surface area (TPSA) is 46.5 Å². The second-order valence-electron chi connectivity index (χ2n) is 2.54. The fraction of sp³-hybridized carbons (Fsp3) is 0.833. The van der Waals surface area contributed by atoms with Crippen LogP contribution in [-0.2, 0) is 4.74 Å². The number of rotatable bonds is 2. The highest BCUT2D eigenvalue weighted by atomic mass is 19.4. The fourth-order valence-electron chi connectivity index (χ4n) is 0.899. The van der Waals surface area contributed by atoms with E-state index in [-0.39, 0.29) is 0 Å². The van der Waals surface area contributed by atoms with Crippen molar-refractivity contribution in [1.29, 1.82) is 0 Å². The van der Waals surface area contributed by atoms with E-state index in [0.29, 0.717) is 6.92 Å². The van der Waals surface area contributed by atoms with Crippen LogP contribution in [0.2, 0.25) is 0 Å². The largest absolute Gasteiger partial charge is 0.506 e. The van der Waals surface area contributed by atoms with E-state index < -0.39 is 30.5 Å². The summed E-state index contributed by atoms with van der Waals surface area (Å²) in [6, 6.07) is 0. The maximum atomic E-state index is 12.1. The third-order valence-corrected chi connectivity index (χ3v) is 1.68. The van der Waals surface area contributed by atoms with E-state index in [1.807, 2.05) is 0 Å². The van der Waals surface area contributed by atoms with E-state index in [4.69, 9.17) is 5.11 Å². The van der Waals surface area contributed by atoms with Crippen LogP contribution in [0.5, 0.6) is 0 Å². The third-order valence-electron chi connectivity index (χ3n) is 1.68. The predicted molar refractivity (Wildman–Crippen MR) is 34.2 cm³/mol. The molecule has 1 N–H and O–H groups in total. The first kappa shape index (κ1) is 13.8. The molecule has 0 aliphatic carbocycles. The van der Waals surface area contributed by atoms with Gasteiger partial charge in [-0.25, -0.2) is 4.79 Å². The van der Waals surface area contributed by atoms with Crippen molar-refractivity contribution in [2.75, 3.05) is 0 Å². The van der Waals surface area contributed by atoms with Crippen LogP contribution in [0.25, 0.3) is 0 Å². The Morgan fingerprint density at radius 2 is 1.47 bits per heavy atom. The molecule has 0 saturated heterocycles. The van der Waals surface area contributed by atoms with Crippen LogP contribution in [-0.4, -0.2) is 29.2 Å². The smallest absolute Gasteiger partial charge is 0.450 e. The molecule has 0 bridgehead atoms. The maximum Gasteiger partial charge on any atom is 0.506 e. The average molecular weight is 240 g/mol. The first-order valence-corrected chi connectivity index (χ1v) is 3.53. The summed E-state index contributed by atoms with van der Waals surface area (Å²) in [5.41, 5.74) is -4.66. The van der Waals surface area contributed by atoms with Crippen LogP contribution in [0.15, 0.2) is 0 Å². The van der Waals surface area contributed by atoms with E-state index >= 15 is 0 Å². The van der Waals surface area contributed by atoms with Crippen LogP contribution in [0.1, 0.15) is 13.3 Å². The molecule has 9 heteroatoms. The lowest BCUT2D eigenvalue weighted by Crippen LogP contribution is -2.59. The lowest BCUT2D eigenvalue weighted by Gasteiger charge is -2.34. The number of alkyl halides is 6. The summed E-state index contributed by atoms with van der Waals surface area (Å²) >= 11 is 0. The van der Waals surface area contributed by atoms with Crippen molar-refractivity contribution in [1.82, 2.24) is 0 Å². The molecule has 0 aliphatic heterocycles. The van der Waals surface area contributed by atoms with Gasteiger partial charge in [-0.05, 0) is 0 Å². The second kappa shape index (κ2) is 3.78. The number of carbonyl (C=O) groups is 1. The van der Waals surface area contributed by atoms with Crippen molar-refractivity contribution in [2.24, 2.45) is 0 Å². The number of hydrogen-bond donors (Lipinski definition) is 1. The van der Waals surface area contributed by atoms with Gasteiger partial charge in [0, 0.05) is 6.42 Å². The molecule has 3 nitrogen and oxygen atoms in total. The van der Waals surface area contributed by atoms with Gasteiger partial charge in [-0.2, -0.15) is 26.3 Å². The number of ether oxygens (including phenoxy) is 1. The van der Waals surface area contributed by atoms with E-state index in [1.165, 1.54) is 0 Å². The van der Waals surface area contributed by atoms with Gasteiger partial charge in [-0.1, -0.05) is 6.92 Å². The van der Waals surface area contributed by atoms with Gasteiger partial charge in [0.15, 0.2) is 0 Å². The van der Waals surface area contributed by atoms with Gasteiger partial charge in [0.2, 0.25) is 0 Å². The molecular weight excluding hydrogens is 234 g/mol. The summed E-state index contributed by atoms with van der Waals surface area (Å²) in [5, 5.41) is 7.88. The van der Waals surface area contributed by atoms with Crippen molar-refractivity contribution in [3.63, 3.8) is 0 Å². The van der Waals surface area contributed by atoms with Crippen LogP contribution in [0.4, 0.5) is 31.1 Å². The monoisotopic (exact) mass is 240 g/mol. The molecule has 0 fully saturated rings. The zero-order valence-corrected chi connectivity index (χ0v) is 7.24. The molecule has 0 saturated carbocycles. The molecule has 0 unspecified atom stereocenters. The molecule has 0 radical (unpaired) electrons. The summed E-state index contributed by atoms with van der Waals surface area (Å²) in [4.78, 5) is 9.84. The fourth-order valence-corrected chi connectivity index (χ4v) is 0.899. The van der Waals surface area contributed by atoms with E-state index in [9.17, 15) is 31.1 Å². The lowest BCUT2D eigenvalue weighted by molar-refractivity contribution is -0.368. The SMILES string of the molecule is CCC(OC(=O)O)(C(F)(F)F)C(F)(F)F. The minimum Gasteiger partial charge on any atom is -0.450 e. The Labute approximate surface area is 79.6 Å². The summed E-state index contributed by atoms with van der Waals surface area (Å²) in [6.45, 7) is 0.532. The Morgan fingerprint density at radius 3 is 1.53 bits per heavy atom. The first-order chi connectivity index (χ1) is 6.48. The molecule has 0 heterocycles. The summed E-state index contributed by atoms with van der Waals surface area (Å²) in [7, 11) is 0. The molecule has 0 atom stereocenters. The predicted octanol–water partition coefficient (Wildman–Crippen LogP) is 2.95. The van der Waals surface area contributed by atoms with E-state index in [2.05, 4.69) is 4.74 Å². The average Bonchev–Trinajstić information content (AvgIpc) is 1.94. The van der Waals surface area contributed by atoms with Gasteiger partial charge in [0.05, 0.1) is 0 Å². The van der Waals surface area contributed by atoms with E-state index in [0.717, 1.165) is 0 Å². The molecule has 0 amide bonds. The number of hydrogen-bond acceptors (Lipinski definition) is 2. The first-order valence-electron chi connectivity index (χ1n) is 3.53. The van der Waals surface area contributed by atoms with Gasteiger partial charge < -0.3 is 9.84 Å². The molecule has 0 aliphatic rings. The van der Waals surface area contributed by atoms with Crippen LogP contribution < -0.4 is 0 Å². The van der Waals surface area contributed by atoms with Crippen molar-refractivity contribution in [3.8, 4) is 0 Å². The van der Waals surface area contributed by atoms with E-state index in [1.54, 1.807) is 0 Å². The standard InChI is InChI=1S/C6H6F6O3/c1-2-4(5(7,8)9,6(10,11)12)15-3(13)14/h2H2,1H3,(H,13,14). The zero-order valence-electron chi connectivity index (χ0n) is 7.24. The Balaban J connectivity index is 5.42. The Hall–Kier alpha value is -1.15. The van der Waals surface area contributed by atoms with Crippen molar-refractivity contribution >= 4 is 6.16 Å². The Bertz CT molecular complexity index is 228. The molecule has 0 rings (SSSR count). The Kier molecular flexibility index (Phi) is 3.49. The quantitative estimate of drug-likeness (QED) is 0.596. The summed E-state index contributed by atoms with van der Waals surface area (Å²) in [5.74, 6) is 0. The molecule has 0 aromatic rings. The van der Waals surface area contributed by atoms with Crippen LogP contribution >= 0.6 is 0 Å². The highest BCUT2D eigenvalue weighted by Gasteiger charge is 2.73. The minimum atomic E-state index is -5.85. The molecule has 90 valence electrons. The van der Waals surface area contributed by atoms with Gasteiger partial charge in [0.1, 0.15) is 0 Å². The van der Waals surface area contributed by atoms with Crippen LogP contribution in [0, 0.1) is 0 Å². The zero-order chi connectivity index (χ0) is 12.5. The van der Waals surface area contributed by atoms with Gasteiger partial charge in [0.25, 0.3) is 0 Å². The van der Waals surface area contributed by atoms with Crippen molar-refractivity contribution in [2.45, 2.75) is 31.3 Å². The van der Waals surface area contributed by atoms with Gasteiger partial charge >= 0.3 is 24.1 Å². The maximum absolute atomic E-state index is 12.1. The van der Waals surface area contributed by atoms with Crippen molar-refractivity contribution in [3.05, 3.63) is 0 Å². The molecule has 0 aromatic heterocycles. The molecule has 0 aromatic carbocycles. The summed E-state index contributed by atoms with van der Waals surface area (Å²) < 4.78 is 75.7. The normalized spacial score (nSPS) is 13.8.